The SMILES string of the molecule is CC(C)(C)OC(=O)N1CCC2(C(=O)O)CNCC12. The molecular weight excluding hydrogens is 236 g/mol. The van der Waals surface area contributed by atoms with E-state index in [1.54, 1.807) is 25.7 Å². The topological polar surface area (TPSA) is 78.9 Å². The fourth-order valence-electron chi connectivity index (χ4n) is 2.75. The number of nitrogens with zero attached hydrogens (tertiary/aromatic N) is 1. The van der Waals surface area contributed by atoms with Crippen LogP contribution in [0.25, 0.3) is 0 Å². The highest BCUT2D eigenvalue weighted by atomic mass is 16.6. The summed E-state index contributed by atoms with van der Waals surface area (Å²) in [5, 5.41) is 12.5. The summed E-state index contributed by atoms with van der Waals surface area (Å²) < 4.78 is 5.32. The molecule has 6 nitrogen and oxygen atoms in total. The number of carbonyl (C=O) groups excluding carboxylic acids is 1. The van der Waals surface area contributed by atoms with Gasteiger partial charge < -0.3 is 20.1 Å². The Morgan fingerprint density at radius 3 is 2.67 bits per heavy atom. The first-order valence-electron chi connectivity index (χ1n) is 6.20. The van der Waals surface area contributed by atoms with Crippen LogP contribution in [0.3, 0.4) is 0 Å². The van der Waals surface area contributed by atoms with Gasteiger partial charge in [0.2, 0.25) is 0 Å². The molecule has 18 heavy (non-hydrogen) atoms. The van der Waals surface area contributed by atoms with Crippen LogP contribution in [-0.4, -0.2) is 53.3 Å². The number of likely N-dealkylation sites (tertiary alicyclic amines) is 1. The summed E-state index contributed by atoms with van der Waals surface area (Å²) in [5.74, 6) is -0.830. The molecule has 2 unspecified atom stereocenters. The van der Waals surface area contributed by atoms with Crippen LogP contribution in [0.15, 0.2) is 0 Å². The van der Waals surface area contributed by atoms with E-state index >= 15 is 0 Å². The molecule has 6 heteroatoms. The van der Waals surface area contributed by atoms with Crippen LogP contribution < -0.4 is 5.32 Å². The average Bonchev–Trinajstić information content (AvgIpc) is 2.70. The molecule has 2 fully saturated rings. The van der Waals surface area contributed by atoms with Crippen LogP contribution in [-0.2, 0) is 9.53 Å². The molecule has 0 aromatic rings. The lowest BCUT2D eigenvalue weighted by molar-refractivity contribution is -0.148. The van der Waals surface area contributed by atoms with E-state index in [-0.39, 0.29) is 6.04 Å². The van der Waals surface area contributed by atoms with Crippen LogP contribution in [0, 0.1) is 5.41 Å². The smallest absolute Gasteiger partial charge is 0.410 e. The Labute approximate surface area is 106 Å². The van der Waals surface area contributed by atoms with Crippen molar-refractivity contribution in [3.8, 4) is 0 Å². The Balaban J connectivity index is 2.14. The Kier molecular flexibility index (Phi) is 3.01. The van der Waals surface area contributed by atoms with Gasteiger partial charge in [0.1, 0.15) is 11.0 Å². The summed E-state index contributed by atoms with van der Waals surface area (Å²) in [5.41, 5.74) is -1.39. The Morgan fingerprint density at radius 1 is 1.44 bits per heavy atom. The van der Waals surface area contributed by atoms with Crippen molar-refractivity contribution in [2.75, 3.05) is 19.6 Å². The van der Waals surface area contributed by atoms with Crippen LogP contribution in [0.4, 0.5) is 4.79 Å². The van der Waals surface area contributed by atoms with Gasteiger partial charge in [-0.2, -0.15) is 0 Å². The maximum atomic E-state index is 12.1. The van der Waals surface area contributed by atoms with Crippen molar-refractivity contribution < 1.29 is 19.4 Å². The molecule has 0 bridgehead atoms. The summed E-state index contributed by atoms with van der Waals surface area (Å²) in [7, 11) is 0. The molecular formula is C12H20N2O4. The Bertz CT molecular complexity index is 377. The first-order valence-corrected chi connectivity index (χ1v) is 6.20. The van der Waals surface area contributed by atoms with E-state index in [1.807, 2.05) is 0 Å². The van der Waals surface area contributed by atoms with Crippen molar-refractivity contribution in [1.82, 2.24) is 10.2 Å². The maximum absolute atomic E-state index is 12.1. The number of rotatable bonds is 1. The number of nitrogens with one attached hydrogen (secondary N) is 1. The fourth-order valence-corrected chi connectivity index (χ4v) is 2.75. The molecule has 0 spiro atoms. The van der Waals surface area contributed by atoms with Crippen molar-refractivity contribution in [3.05, 3.63) is 0 Å². The highest BCUT2D eigenvalue weighted by Gasteiger charge is 2.57. The third-order valence-electron chi connectivity index (χ3n) is 3.64. The van der Waals surface area contributed by atoms with Crippen molar-refractivity contribution in [1.29, 1.82) is 0 Å². The number of amides is 1. The van der Waals surface area contributed by atoms with E-state index in [4.69, 9.17) is 4.74 Å². The number of carbonyl (C=O) groups is 2. The van der Waals surface area contributed by atoms with Gasteiger partial charge in [-0.15, -0.1) is 0 Å². The molecule has 2 rings (SSSR count). The predicted octanol–water partition coefficient (Wildman–Crippen LogP) is 0.670. The normalized spacial score (nSPS) is 31.3. The lowest BCUT2D eigenvalue weighted by Crippen LogP contribution is -2.47. The van der Waals surface area contributed by atoms with E-state index in [9.17, 15) is 14.7 Å². The van der Waals surface area contributed by atoms with Gasteiger partial charge in [-0.1, -0.05) is 0 Å². The number of ether oxygens (including phenoxy) is 1. The monoisotopic (exact) mass is 256 g/mol. The van der Waals surface area contributed by atoms with E-state index < -0.39 is 23.1 Å². The minimum atomic E-state index is -0.836. The summed E-state index contributed by atoms with van der Waals surface area (Å²) in [6.07, 6.45) is 0.0681. The van der Waals surface area contributed by atoms with Crippen molar-refractivity contribution in [2.24, 2.45) is 5.41 Å². The molecule has 2 saturated heterocycles. The van der Waals surface area contributed by atoms with Gasteiger partial charge in [0.25, 0.3) is 0 Å². The van der Waals surface area contributed by atoms with Crippen molar-refractivity contribution >= 4 is 12.1 Å². The second-order valence-electron chi connectivity index (χ2n) is 6.03. The van der Waals surface area contributed by atoms with Crippen molar-refractivity contribution in [2.45, 2.75) is 38.8 Å². The first kappa shape index (κ1) is 13.1. The molecule has 2 aliphatic heterocycles. The summed E-state index contributed by atoms with van der Waals surface area (Å²) in [6.45, 7) is 6.81. The van der Waals surface area contributed by atoms with E-state index in [2.05, 4.69) is 5.32 Å². The van der Waals surface area contributed by atoms with Gasteiger partial charge in [-0.25, -0.2) is 4.79 Å². The van der Waals surface area contributed by atoms with Crippen LogP contribution in [0.5, 0.6) is 0 Å². The number of carboxylic acid groups (broad SMARTS) is 1. The molecule has 0 saturated carbocycles. The molecule has 0 aromatic heterocycles. The van der Waals surface area contributed by atoms with Gasteiger partial charge in [0.15, 0.2) is 0 Å². The molecule has 2 heterocycles. The van der Waals surface area contributed by atoms with E-state index in [1.165, 1.54) is 0 Å². The zero-order valence-electron chi connectivity index (χ0n) is 11.0. The van der Waals surface area contributed by atoms with Crippen LogP contribution in [0.1, 0.15) is 27.2 Å². The second-order valence-corrected chi connectivity index (χ2v) is 6.03. The van der Waals surface area contributed by atoms with Gasteiger partial charge in [0, 0.05) is 19.6 Å². The maximum Gasteiger partial charge on any atom is 0.410 e. The van der Waals surface area contributed by atoms with Gasteiger partial charge >= 0.3 is 12.1 Å². The number of carboxylic acids is 1. The third-order valence-corrected chi connectivity index (χ3v) is 3.64. The molecule has 1 amide bonds. The summed E-state index contributed by atoms with van der Waals surface area (Å²) >= 11 is 0. The van der Waals surface area contributed by atoms with Gasteiger partial charge in [-0.3, -0.25) is 4.79 Å². The molecule has 0 aliphatic carbocycles. The van der Waals surface area contributed by atoms with E-state index in [0.29, 0.717) is 26.1 Å². The number of hydrogen-bond donors (Lipinski definition) is 2. The van der Waals surface area contributed by atoms with Crippen LogP contribution in [0.2, 0.25) is 0 Å². The summed E-state index contributed by atoms with van der Waals surface area (Å²) in [6, 6.07) is -0.301. The molecule has 102 valence electrons. The molecule has 0 radical (unpaired) electrons. The first-order chi connectivity index (χ1) is 8.26. The van der Waals surface area contributed by atoms with Gasteiger partial charge in [-0.05, 0) is 27.2 Å². The lowest BCUT2D eigenvalue weighted by Gasteiger charge is -2.30. The highest BCUT2D eigenvalue weighted by Crippen LogP contribution is 2.40. The number of fused-ring (bicyclic) bond motifs is 1. The minimum Gasteiger partial charge on any atom is -0.481 e. The second kappa shape index (κ2) is 4.12. The quantitative estimate of drug-likeness (QED) is 0.721. The largest absolute Gasteiger partial charge is 0.481 e. The zero-order valence-corrected chi connectivity index (χ0v) is 11.0. The highest BCUT2D eigenvalue weighted by molar-refractivity contribution is 5.80. The molecule has 2 N–H and O–H groups in total. The Hall–Kier alpha value is -1.30. The van der Waals surface area contributed by atoms with E-state index in [0.717, 1.165) is 0 Å². The predicted molar refractivity (Wildman–Crippen MR) is 64.3 cm³/mol. The van der Waals surface area contributed by atoms with Gasteiger partial charge in [0.05, 0.1) is 6.04 Å². The third kappa shape index (κ3) is 2.05. The number of aliphatic carboxylic acids is 1. The lowest BCUT2D eigenvalue weighted by atomic mass is 9.83. The van der Waals surface area contributed by atoms with Crippen LogP contribution >= 0.6 is 0 Å². The van der Waals surface area contributed by atoms with Crippen molar-refractivity contribution in [3.63, 3.8) is 0 Å². The fraction of sp³-hybridized carbons (Fsp3) is 0.833. The Morgan fingerprint density at radius 2 is 2.11 bits per heavy atom. The standard InChI is InChI=1S/C12H20N2O4/c1-11(2,3)18-10(17)14-5-4-12(9(15)16)7-13-6-8(12)14/h8,13H,4-7H2,1-3H3,(H,15,16). The number of hydrogen-bond acceptors (Lipinski definition) is 4. The molecule has 2 atom stereocenters. The minimum absolute atomic E-state index is 0.301. The average molecular weight is 256 g/mol. The summed E-state index contributed by atoms with van der Waals surface area (Å²) in [4.78, 5) is 25.0. The molecule has 0 aromatic carbocycles. The molecule has 2 aliphatic rings. The zero-order chi connectivity index (χ0) is 13.6.